The molecular weight excluding hydrogens is 434 g/mol. The fourth-order valence-corrected chi connectivity index (χ4v) is 3.94. The molecule has 2 aromatic carbocycles. The molecule has 9 nitrogen and oxygen atoms in total. The molecule has 2 aromatic rings. The number of carbonyl (C=O) groups is 2. The summed E-state index contributed by atoms with van der Waals surface area (Å²) in [5.41, 5.74) is 1.05. The normalized spacial score (nSPS) is 11.9. The maximum absolute atomic E-state index is 13.3. The minimum Gasteiger partial charge on any atom is -0.497 e. The van der Waals surface area contributed by atoms with Crippen molar-refractivity contribution in [3.8, 4) is 11.5 Å². The minimum atomic E-state index is -3.79. The number of rotatable bonds is 10. The van der Waals surface area contributed by atoms with E-state index in [1.165, 1.54) is 25.1 Å². The molecule has 174 valence electrons. The molecule has 32 heavy (non-hydrogen) atoms. The van der Waals surface area contributed by atoms with E-state index < -0.39 is 28.5 Å². The SMILES string of the molecule is CNC(=O)C(C)N(Cc1ccc(OC)cc1)C(=O)CN(c1cccc(OC)c1)S(C)(=O)=O. The van der Waals surface area contributed by atoms with E-state index in [-0.39, 0.29) is 18.1 Å². The van der Waals surface area contributed by atoms with Crippen LogP contribution in [0.2, 0.25) is 0 Å². The van der Waals surface area contributed by atoms with Gasteiger partial charge in [0.1, 0.15) is 24.1 Å². The molecule has 0 fully saturated rings. The zero-order chi connectivity index (χ0) is 23.9. The van der Waals surface area contributed by atoms with Gasteiger partial charge in [-0.05, 0) is 36.8 Å². The number of anilines is 1. The molecule has 2 amide bonds. The van der Waals surface area contributed by atoms with E-state index in [4.69, 9.17) is 9.47 Å². The van der Waals surface area contributed by atoms with Crippen LogP contribution >= 0.6 is 0 Å². The molecule has 0 aliphatic carbocycles. The molecule has 0 heterocycles. The Kier molecular flexibility index (Phi) is 8.48. The van der Waals surface area contributed by atoms with Crippen molar-refractivity contribution in [2.24, 2.45) is 0 Å². The maximum Gasteiger partial charge on any atom is 0.244 e. The van der Waals surface area contributed by atoms with E-state index in [2.05, 4.69) is 5.32 Å². The third-order valence-electron chi connectivity index (χ3n) is 4.95. The fraction of sp³-hybridized carbons (Fsp3) is 0.364. The monoisotopic (exact) mass is 463 g/mol. The van der Waals surface area contributed by atoms with Crippen molar-refractivity contribution in [3.05, 3.63) is 54.1 Å². The van der Waals surface area contributed by atoms with Gasteiger partial charge in [-0.1, -0.05) is 18.2 Å². The van der Waals surface area contributed by atoms with Crippen LogP contribution in [0.3, 0.4) is 0 Å². The van der Waals surface area contributed by atoms with E-state index in [1.54, 1.807) is 56.5 Å². The van der Waals surface area contributed by atoms with Gasteiger partial charge in [-0.25, -0.2) is 8.42 Å². The fourth-order valence-electron chi connectivity index (χ4n) is 3.10. The van der Waals surface area contributed by atoms with Crippen LogP contribution in [0.1, 0.15) is 12.5 Å². The van der Waals surface area contributed by atoms with Crippen molar-refractivity contribution in [1.82, 2.24) is 10.2 Å². The lowest BCUT2D eigenvalue weighted by Crippen LogP contribution is -2.50. The Balaban J connectivity index is 2.37. The Hall–Kier alpha value is -3.27. The molecule has 1 atom stereocenters. The summed E-state index contributed by atoms with van der Waals surface area (Å²) in [6.45, 7) is 1.24. The summed E-state index contributed by atoms with van der Waals surface area (Å²) in [4.78, 5) is 27.0. The van der Waals surface area contributed by atoms with Crippen LogP contribution in [-0.2, 0) is 26.2 Å². The van der Waals surface area contributed by atoms with Crippen molar-refractivity contribution in [1.29, 1.82) is 0 Å². The lowest BCUT2D eigenvalue weighted by molar-refractivity contribution is -0.139. The smallest absolute Gasteiger partial charge is 0.244 e. The van der Waals surface area contributed by atoms with Crippen LogP contribution in [-0.4, -0.2) is 65.2 Å². The van der Waals surface area contributed by atoms with Gasteiger partial charge in [0.15, 0.2) is 0 Å². The summed E-state index contributed by atoms with van der Waals surface area (Å²) < 4.78 is 36.3. The van der Waals surface area contributed by atoms with E-state index in [1.807, 2.05) is 0 Å². The first-order valence-corrected chi connectivity index (χ1v) is 11.7. The van der Waals surface area contributed by atoms with Gasteiger partial charge in [-0.3, -0.25) is 13.9 Å². The average molecular weight is 464 g/mol. The van der Waals surface area contributed by atoms with Crippen LogP contribution in [0.25, 0.3) is 0 Å². The second kappa shape index (κ2) is 10.9. The van der Waals surface area contributed by atoms with Gasteiger partial charge >= 0.3 is 0 Å². The zero-order valence-corrected chi connectivity index (χ0v) is 19.7. The first-order chi connectivity index (χ1) is 15.1. The van der Waals surface area contributed by atoms with Crippen LogP contribution in [0.15, 0.2) is 48.5 Å². The summed E-state index contributed by atoms with van der Waals surface area (Å²) in [5.74, 6) is 0.231. The Labute approximate surface area is 189 Å². The van der Waals surface area contributed by atoms with Crippen molar-refractivity contribution in [3.63, 3.8) is 0 Å². The number of amides is 2. The summed E-state index contributed by atoms with van der Waals surface area (Å²) in [5, 5.41) is 2.53. The van der Waals surface area contributed by atoms with E-state index >= 15 is 0 Å². The molecule has 0 bridgehead atoms. The molecule has 10 heteroatoms. The number of hydrogen-bond acceptors (Lipinski definition) is 6. The van der Waals surface area contributed by atoms with Gasteiger partial charge in [0, 0.05) is 19.7 Å². The molecule has 0 spiro atoms. The van der Waals surface area contributed by atoms with E-state index in [0.29, 0.717) is 11.5 Å². The molecular formula is C22H29N3O6S. The lowest BCUT2D eigenvalue weighted by atomic mass is 10.1. The number of likely N-dealkylation sites (N-methyl/N-ethyl adjacent to an activating group) is 1. The van der Waals surface area contributed by atoms with Crippen LogP contribution in [0, 0.1) is 0 Å². The van der Waals surface area contributed by atoms with Crippen molar-refractivity contribution >= 4 is 27.5 Å². The molecule has 0 saturated carbocycles. The van der Waals surface area contributed by atoms with Crippen LogP contribution < -0.4 is 19.1 Å². The highest BCUT2D eigenvalue weighted by Crippen LogP contribution is 2.24. The number of nitrogens with zero attached hydrogens (tertiary/aromatic N) is 2. The van der Waals surface area contributed by atoms with Crippen molar-refractivity contribution in [2.75, 3.05) is 38.4 Å². The number of benzene rings is 2. The Morgan fingerprint density at radius 2 is 1.66 bits per heavy atom. The average Bonchev–Trinajstić information content (AvgIpc) is 2.79. The predicted molar refractivity (Wildman–Crippen MR) is 122 cm³/mol. The second-order valence-electron chi connectivity index (χ2n) is 7.13. The third-order valence-corrected chi connectivity index (χ3v) is 6.09. The highest BCUT2D eigenvalue weighted by Gasteiger charge is 2.29. The van der Waals surface area contributed by atoms with Crippen LogP contribution in [0.5, 0.6) is 11.5 Å². The highest BCUT2D eigenvalue weighted by atomic mass is 32.2. The van der Waals surface area contributed by atoms with E-state index in [9.17, 15) is 18.0 Å². The topological polar surface area (TPSA) is 105 Å². The summed E-state index contributed by atoms with van der Waals surface area (Å²) in [7, 11) is 0.710. The minimum absolute atomic E-state index is 0.118. The Morgan fingerprint density at radius 3 is 2.19 bits per heavy atom. The first-order valence-electron chi connectivity index (χ1n) is 9.86. The standard InChI is InChI=1S/C22H29N3O6S/c1-16(22(27)23-2)24(14-17-9-11-19(30-3)12-10-17)21(26)15-25(32(5,28)29)18-7-6-8-20(13-18)31-4/h6-13,16H,14-15H2,1-5H3,(H,23,27). The van der Waals surface area contributed by atoms with Crippen molar-refractivity contribution in [2.45, 2.75) is 19.5 Å². The number of nitrogens with one attached hydrogen (secondary N) is 1. The lowest BCUT2D eigenvalue weighted by Gasteiger charge is -2.31. The van der Waals surface area contributed by atoms with Gasteiger partial charge in [-0.2, -0.15) is 0 Å². The van der Waals surface area contributed by atoms with Gasteiger partial charge in [0.2, 0.25) is 21.8 Å². The quantitative estimate of drug-likeness (QED) is 0.574. The van der Waals surface area contributed by atoms with Crippen molar-refractivity contribution < 1.29 is 27.5 Å². The molecule has 0 radical (unpaired) electrons. The molecule has 0 saturated heterocycles. The molecule has 2 rings (SSSR count). The Morgan fingerprint density at radius 1 is 1.03 bits per heavy atom. The number of methoxy groups -OCH3 is 2. The number of carbonyl (C=O) groups excluding carboxylic acids is 2. The summed E-state index contributed by atoms with van der Waals surface area (Å²) in [6.07, 6.45) is 1.02. The largest absolute Gasteiger partial charge is 0.497 e. The molecule has 0 aliphatic rings. The predicted octanol–water partition coefficient (Wildman–Crippen LogP) is 1.63. The van der Waals surface area contributed by atoms with Gasteiger partial charge < -0.3 is 19.7 Å². The number of hydrogen-bond donors (Lipinski definition) is 1. The second-order valence-corrected chi connectivity index (χ2v) is 9.04. The molecule has 1 unspecified atom stereocenters. The number of sulfonamides is 1. The maximum atomic E-state index is 13.3. The summed E-state index contributed by atoms with van der Waals surface area (Å²) >= 11 is 0. The third kappa shape index (κ3) is 6.36. The highest BCUT2D eigenvalue weighted by molar-refractivity contribution is 7.92. The van der Waals surface area contributed by atoms with Gasteiger partial charge in [0.25, 0.3) is 0 Å². The number of ether oxygens (including phenoxy) is 2. The first kappa shape index (κ1) is 25.0. The molecule has 1 N–H and O–H groups in total. The van der Waals surface area contributed by atoms with Crippen LogP contribution in [0.4, 0.5) is 5.69 Å². The van der Waals surface area contributed by atoms with Gasteiger partial charge in [-0.15, -0.1) is 0 Å². The zero-order valence-electron chi connectivity index (χ0n) is 18.9. The van der Waals surface area contributed by atoms with Gasteiger partial charge in [0.05, 0.1) is 26.2 Å². The molecule has 0 aromatic heterocycles. The molecule has 0 aliphatic heterocycles. The Bertz CT molecular complexity index is 1040. The summed E-state index contributed by atoms with van der Waals surface area (Å²) in [6, 6.07) is 12.7. The van der Waals surface area contributed by atoms with E-state index in [0.717, 1.165) is 16.1 Å².